The third-order valence-electron chi connectivity index (χ3n) is 1.55. The number of rotatable bonds is 1. The number of allylic oxidation sites excluding steroid dienone is 3. The van der Waals surface area contributed by atoms with Crippen molar-refractivity contribution in [1.82, 2.24) is 0 Å². The van der Waals surface area contributed by atoms with Crippen LogP contribution in [0.4, 0.5) is 0 Å². The molecule has 10 heavy (non-hydrogen) atoms. The molecule has 0 bridgehead atoms. The Labute approximate surface area is 61.1 Å². The molecule has 1 aliphatic rings. The molecule has 0 saturated heterocycles. The molecule has 1 unspecified atom stereocenters. The first-order chi connectivity index (χ1) is 4.77. The average molecular weight is 136 g/mol. The summed E-state index contributed by atoms with van der Waals surface area (Å²) >= 11 is 0. The second-order valence-electron chi connectivity index (χ2n) is 2.58. The standard InChI is InChI=1S/C8H12N2/c1-8(7-9)5-3-2-4-6-10-8/h2-6H,7,9H2,1H3. The zero-order valence-corrected chi connectivity index (χ0v) is 6.12. The fourth-order valence-corrected chi connectivity index (χ4v) is 0.754. The molecule has 2 heteroatoms. The second-order valence-corrected chi connectivity index (χ2v) is 2.58. The minimum Gasteiger partial charge on any atom is -0.328 e. The van der Waals surface area contributed by atoms with E-state index in [0.717, 1.165) is 0 Å². The summed E-state index contributed by atoms with van der Waals surface area (Å²) in [5, 5.41) is 0. The summed E-state index contributed by atoms with van der Waals surface area (Å²) in [6.45, 7) is 2.56. The van der Waals surface area contributed by atoms with Crippen LogP contribution in [0.15, 0.2) is 29.3 Å². The summed E-state index contributed by atoms with van der Waals surface area (Å²) in [5.74, 6) is 0. The lowest BCUT2D eigenvalue weighted by Gasteiger charge is -2.16. The third kappa shape index (κ3) is 1.54. The third-order valence-corrected chi connectivity index (χ3v) is 1.55. The summed E-state index contributed by atoms with van der Waals surface area (Å²) in [5.41, 5.74) is 5.32. The molecule has 1 heterocycles. The van der Waals surface area contributed by atoms with Crippen LogP contribution in [-0.2, 0) is 0 Å². The fraction of sp³-hybridized carbons (Fsp3) is 0.375. The van der Waals surface area contributed by atoms with Crippen LogP contribution >= 0.6 is 0 Å². The highest BCUT2D eigenvalue weighted by Gasteiger charge is 2.15. The van der Waals surface area contributed by atoms with Crippen molar-refractivity contribution in [2.45, 2.75) is 12.5 Å². The van der Waals surface area contributed by atoms with Crippen LogP contribution in [0.3, 0.4) is 0 Å². The summed E-state index contributed by atoms with van der Waals surface area (Å²) in [7, 11) is 0. The summed E-state index contributed by atoms with van der Waals surface area (Å²) in [6.07, 6.45) is 9.61. The van der Waals surface area contributed by atoms with Crippen molar-refractivity contribution >= 4 is 6.21 Å². The molecule has 0 aromatic heterocycles. The maximum atomic E-state index is 5.51. The molecule has 1 aliphatic heterocycles. The summed E-state index contributed by atoms with van der Waals surface area (Å²) in [6, 6.07) is 0. The molecule has 0 aromatic carbocycles. The lowest BCUT2D eigenvalue weighted by molar-refractivity contribution is 0.605. The Morgan fingerprint density at radius 2 is 2.20 bits per heavy atom. The van der Waals surface area contributed by atoms with Crippen molar-refractivity contribution in [3.8, 4) is 0 Å². The molecular weight excluding hydrogens is 124 g/mol. The number of nitrogens with zero attached hydrogens (tertiary/aromatic N) is 1. The van der Waals surface area contributed by atoms with Gasteiger partial charge in [-0.1, -0.05) is 18.2 Å². The van der Waals surface area contributed by atoms with Gasteiger partial charge in [-0.05, 0) is 13.0 Å². The first-order valence-corrected chi connectivity index (χ1v) is 3.37. The highest BCUT2D eigenvalue weighted by atomic mass is 14.9. The Morgan fingerprint density at radius 3 is 2.90 bits per heavy atom. The molecule has 1 atom stereocenters. The number of hydrogen-bond donors (Lipinski definition) is 1. The minimum absolute atomic E-state index is 0.191. The van der Waals surface area contributed by atoms with Gasteiger partial charge < -0.3 is 5.73 Å². The molecule has 0 aromatic rings. The molecule has 2 nitrogen and oxygen atoms in total. The van der Waals surface area contributed by atoms with E-state index in [1.54, 1.807) is 6.21 Å². The van der Waals surface area contributed by atoms with E-state index in [9.17, 15) is 0 Å². The Morgan fingerprint density at radius 1 is 1.40 bits per heavy atom. The first-order valence-electron chi connectivity index (χ1n) is 3.37. The van der Waals surface area contributed by atoms with Crippen molar-refractivity contribution in [2.75, 3.05) is 6.54 Å². The maximum Gasteiger partial charge on any atom is 0.0884 e. The average Bonchev–Trinajstić information content (AvgIpc) is 2.15. The van der Waals surface area contributed by atoms with Gasteiger partial charge in [-0.3, -0.25) is 4.99 Å². The van der Waals surface area contributed by atoms with Crippen molar-refractivity contribution < 1.29 is 0 Å². The number of hydrogen-bond acceptors (Lipinski definition) is 2. The first kappa shape index (κ1) is 7.22. The van der Waals surface area contributed by atoms with E-state index in [1.165, 1.54) is 0 Å². The van der Waals surface area contributed by atoms with E-state index < -0.39 is 0 Å². The van der Waals surface area contributed by atoms with Gasteiger partial charge in [0.15, 0.2) is 0 Å². The maximum absolute atomic E-state index is 5.51. The second kappa shape index (κ2) is 2.80. The molecule has 0 fully saturated rings. The Bertz CT molecular complexity index is 173. The SMILES string of the molecule is CC1(CN)C=CC=CC=N1. The van der Waals surface area contributed by atoms with Gasteiger partial charge >= 0.3 is 0 Å². The molecule has 0 amide bonds. The highest BCUT2D eigenvalue weighted by molar-refractivity contribution is 5.72. The van der Waals surface area contributed by atoms with Crippen LogP contribution in [0.2, 0.25) is 0 Å². The van der Waals surface area contributed by atoms with Gasteiger partial charge in [-0.15, -0.1) is 0 Å². The van der Waals surface area contributed by atoms with Crippen molar-refractivity contribution in [1.29, 1.82) is 0 Å². The van der Waals surface area contributed by atoms with Gasteiger partial charge in [0.1, 0.15) is 0 Å². The lowest BCUT2D eigenvalue weighted by Crippen LogP contribution is -2.29. The predicted molar refractivity (Wildman–Crippen MR) is 44.2 cm³/mol. The monoisotopic (exact) mass is 136 g/mol. The quantitative estimate of drug-likeness (QED) is 0.571. The molecular formula is C8H12N2. The molecule has 0 spiro atoms. The van der Waals surface area contributed by atoms with Crippen molar-refractivity contribution in [3.63, 3.8) is 0 Å². The molecule has 0 aliphatic carbocycles. The zero-order valence-electron chi connectivity index (χ0n) is 6.12. The largest absolute Gasteiger partial charge is 0.328 e. The van der Waals surface area contributed by atoms with Crippen LogP contribution in [0, 0.1) is 0 Å². The number of aliphatic imine (C=N–C) groups is 1. The Kier molecular flexibility index (Phi) is 2.02. The van der Waals surface area contributed by atoms with E-state index >= 15 is 0 Å². The molecule has 54 valence electrons. The molecule has 0 saturated carbocycles. The predicted octanol–water partition coefficient (Wildman–Crippen LogP) is 0.901. The zero-order chi connectivity index (χ0) is 7.45. The van der Waals surface area contributed by atoms with E-state index in [2.05, 4.69) is 4.99 Å². The molecule has 1 rings (SSSR count). The van der Waals surface area contributed by atoms with Crippen LogP contribution in [0.1, 0.15) is 6.92 Å². The Hall–Kier alpha value is -0.890. The molecule has 2 N–H and O–H groups in total. The normalized spacial score (nSPS) is 30.6. The summed E-state index contributed by atoms with van der Waals surface area (Å²) in [4.78, 5) is 4.25. The van der Waals surface area contributed by atoms with E-state index in [-0.39, 0.29) is 5.54 Å². The van der Waals surface area contributed by atoms with Gasteiger partial charge in [0, 0.05) is 12.8 Å². The van der Waals surface area contributed by atoms with Crippen molar-refractivity contribution in [3.05, 3.63) is 24.3 Å². The van der Waals surface area contributed by atoms with Crippen molar-refractivity contribution in [2.24, 2.45) is 10.7 Å². The van der Waals surface area contributed by atoms with Crippen LogP contribution in [0.25, 0.3) is 0 Å². The van der Waals surface area contributed by atoms with E-state index in [1.807, 2.05) is 31.2 Å². The summed E-state index contributed by atoms with van der Waals surface area (Å²) < 4.78 is 0. The fourth-order valence-electron chi connectivity index (χ4n) is 0.754. The van der Waals surface area contributed by atoms with Gasteiger partial charge in [0.25, 0.3) is 0 Å². The van der Waals surface area contributed by atoms with Gasteiger partial charge in [-0.2, -0.15) is 0 Å². The van der Waals surface area contributed by atoms with Crippen LogP contribution in [-0.4, -0.2) is 18.3 Å². The van der Waals surface area contributed by atoms with Gasteiger partial charge in [0.05, 0.1) is 5.54 Å². The van der Waals surface area contributed by atoms with Crippen LogP contribution in [0.5, 0.6) is 0 Å². The van der Waals surface area contributed by atoms with E-state index in [4.69, 9.17) is 5.73 Å². The molecule has 0 radical (unpaired) electrons. The van der Waals surface area contributed by atoms with Gasteiger partial charge in [0.2, 0.25) is 0 Å². The highest BCUT2D eigenvalue weighted by Crippen LogP contribution is 2.10. The van der Waals surface area contributed by atoms with E-state index in [0.29, 0.717) is 6.54 Å². The number of nitrogens with two attached hydrogens (primary N) is 1. The topological polar surface area (TPSA) is 38.4 Å². The smallest absolute Gasteiger partial charge is 0.0884 e. The lowest BCUT2D eigenvalue weighted by atomic mass is 10.0. The Balaban J connectivity index is 2.80. The minimum atomic E-state index is -0.191. The van der Waals surface area contributed by atoms with Gasteiger partial charge in [-0.25, -0.2) is 0 Å². The van der Waals surface area contributed by atoms with Crippen LogP contribution < -0.4 is 5.73 Å².